The van der Waals surface area contributed by atoms with Crippen LogP contribution in [0, 0.1) is 0 Å². The summed E-state index contributed by atoms with van der Waals surface area (Å²) in [6.07, 6.45) is 5.84. The monoisotopic (exact) mass is 333 g/mol. The van der Waals surface area contributed by atoms with Crippen LogP contribution in [0.15, 0.2) is 63.2 Å². The van der Waals surface area contributed by atoms with Gasteiger partial charge >= 0.3 is 5.63 Å². The molecule has 0 spiro atoms. The smallest absolute Gasteiger partial charge is 0.336 e. The Labute approximate surface area is 132 Å². The van der Waals surface area contributed by atoms with Crippen molar-refractivity contribution in [1.82, 2.24) is 14.3 Å². The molecular weight excluding hydrogens is 318 g/mol. The van der Waals surface area contributed by atoms with Crippen LogP contribution in [0.1, 0.15) is 6.42 Å². The third kappa shape index (κ3) is 3.66. The molecule has 0 fully saturated rings. The fraction of sp³-hybridized carbons (Fsp3) is 0.200. The van der Waals surface area contributed by atoms with E-state index in [4.69, 9.17) is 4.42 Å². The number of nitrogens with one attached hydrogen (secondary N) is 1. The predicted octanol–water partition coefficient (Wildman–Crippen LogP) is 1.36. The Hall–Kier alpha value is -2.45. The Bertz CT molecular complexity index is 962. The average molecular weight is 333 g/mol. The zero-order chi connectivity index (χ0) is 16.3. The topological polar surface area (TPSA) is 94.2 Å². The molecule has 0 aliphatic carbocycles. The van der Waals surface area contributed by atoms with Gasteiger partial charge in [0, 0.05) is 36.9 Å². The molecule has 3 rings (SSSR count). The standard InChI is InChI=1S/C15H15N3O4S/c19-15-5-2-12-10-13(3-4-14(12)22-15)23(20,21)17-6-1-8-18-9-7-16-11-18/h2-5,7,9-11,17H,1,6,8H2. The quantitative estimate of drug-likeness (QED) is 0.543. The number of fused-ring (bicyclic) bond motifs is 1. The summed E-state index contributed by atoms with van der Waals surface area (Å²) in [6, 6.07) is 7.19. The fourth-order valence-electron chi connectivity index (χ4n) is 2.19. The predicted molar refractivity (Wildman–Crippen MR) is 84.5 cm³/mol. The normalized spacial score (nSPS) is 11.8. The molecule has 8 heteroatoms. The van der Waals surface area contributed by atoms with E-state index in [1.807, 2.05) is 10.8 Å². The van der Waals surface area contributed by atoms with Gasteiger partial charge in [-0.25, -0.2) is 22.9 Å². The molecule has 0 atom stereocenters. The minimum Gasteiger partial charge on any atom is -0.423 e. The number of benzene rings is 1. The third-order valence-electron chi connectivity index (χ3n) is 3.35. The van der Waals surface area contributed by atoms with Crippen LogP contribution in [0.4, 0.5) is 0 Å². The van der Waals surface area contributed by atoms with E-state index in [-0.39, 0.29) is 4.90 Å². The summed E-state index contributed by atoms with van der Waals surface area (Å²) in [4.78, 5) is 15.2. The van der Waals surface area contributed by atoms with Gasteiger partial charge in [-0.3, -0.25) is 0 Å². The van der Waals surface area contributed by atoms with Gasteiger partial charge in [0.2, 0.25) is 10.0 Å². The second kappa shape index (κ2) is 6.35. The van der Waals surface area contributed by atoms with E-state index in [1.165, 1.54) is 24.3 Å². The van der Waals surface area contributed by atoms with Crippen LogP contribution in [0.5, 0.6) is 0 Å². The van der Waals surface area contributed by atoms with Gasteiger partial charge in [-0.1, -0.05) is 0 Å². The molecule has 0 amide bonds. The Kier molecular flexibility index (Phi) is 4.26. The number of aryl methyl sites for hydroxylation is 1. The van der Waals surface area contributed by atoms with Gasteiger partial charge in [-0.2, -0.15) is 0 Å². The molecule has 0 saturated carbocycles. The first kappa shape index (κ1) is 15.4. The summed E-state index contributed by atoms with van der Waals surface area (Å²) in [5.41, 5.74) is -0.109. The number of aromatic nitrogens is 2. The minimum absolute atomic E-state index is 0.140. The van der Waals surface area contributed by atoms with Crippen LogP contribution < -0.4 is 10.3 Å². The molecule has 2 aromatic heterocycles. The Morgan fingerprint density at radius 1 is 1.22 bits per heavy atom. The zero-order valence-corrected chi connectivity index (χ0v) is 13.0. The van der Waals surface area contributed by atoms with Crippen molar-refractivity contribution in [1.29, 1.82) is 0 Å². The summed E-state index contributed by atoms with van der Waals surface area (Å²) in [5, 5.41) is 0.561. The number of hydrogen-bond donors (Lipinski definition) is 1. The third-order valence-corrected chi connectivity index (χ3v) is 4.80. The van der Waals surface area contributed by atoms with Gasteiger partial charge in [0.25, 0.3) is 0 Å². The highest BCUT2D eigenvalue weighted by Gasteiger charge is 2.14. The Morgan fingerprint density at radius 2 is 2.09 bits per heavy atom. The van der Waals surface area contributed by atoms with Gasteiger partial charge in [-0.05, 0) is 30.7 Å². The lowest BCUT2D eigenvalue weighted by atomic mass is 10.2. The maximum atomic E-state index is 12.3. The van der Waals surface area contributed by atoms with Gasteiger partial charge in [0.15, 0.2) is 0 Å². The van der Waals surface area contributed by atoms with Crippen LogP contribution >= 0.6 is 0 Å². The van der Waals surface area contributed by atoms with Gasteiger partial charge in [0.05, 0.1) is 11.2 Å². The van der Waals surface area contributed by atoms with E-state index < -0.39 is 15.6 Å². The lowest BCUT2D eigenvalue weighted by Gasteiger charge is -2.08. The van der Waals surface area contributed by atoms with Crippen molar-refractivity contribution in [3.8, 4) is 0 Å². The van der Waals surface area contributed by atoms with Crippen molar-refractivity contribution in [3.63, 3.8) is 0 Å². The molecule has 0 aliphatic heterocycles. The molecule has 3 aromatic rings. The van der Waals surface area contributed by atoms with Gasteiger partial charge in [-0.15, -0.1) is 0 Å². The first-order valence-corrected chi connectivity index (χ1v) is 8.52. The number of rotatable bonds is 6. The van der Waals surface area contributed by atoms with E-state index in [0.29, 0.717) is 30.5 Å². The number of nitrogens with zero attached hydrogens (tertiary/aromatic N) is 2. The Balaban J connectivity index is 1.69. The molecule has 23 heavy (non-hydrogen) atoms. The molecule has 0 unspecified atom stereocenters. The fourth-order valence-corrected chi connectivity index (χ4v) is 3.30. The van der Waals surface area contributed by atoms with Crippen LogP contribution in [0.2, 0.25) is 0 Å². The lowest BCUT2D eigenvalue weighted by Crippen LogP contribution is -2.25. The second-order valence-electron chi connectivity index (χ2n) is 5.01. The maximum absolute atomic E-state index is 12.3. The molecule has 1 aromatic carbocycles. The highest BCUT2D eigenvalue weighted by Crippen LogP contribution is 2.17. The van der Waals surface area contributed by atoms with E-state index in [0.717, 1.165) is 0 Å². The SMILES string of the molecule is O=c1ccc2cc(S(=O)(=O)NCCCn3ccnc3)ccc2o1. The molecule has 0 saturated heterocycles. The van der Waals surface area contributed by atoms with E-state index in [2.05, 4.69) is 9.71 Å². The van der Waals surface area contributed by atoms with Crippen LogP contribution in [-0.4, -0.2) is 24.5 Å². The highest BCUT2D eigenvalue weighted by molar-refractivity contribution is 7.89. The largest absolute Gasteiger partial charge is 0.423 e. The first-order chi connectivity index (χ1) is 11.0. The van der Waals surface area contributed by atoms with Crippen molar-refractivity contribution >= 4 is 21.0 Å². The molecular formula is C15H15N3O4S. The van der Waals surface area contributed by atoms with Gasteiger partial charge < -0.3 is 8.98 Å². The lowest BCUT2D eigenvalue weighted by molar-refractivity contribution is 0.560. The Morgan fingerprint density at radius 3 is 2.87 bits per heavy atom. The minimum atomic E-state index is -3.60. The molecule has 120 valence electrons. The molecule has 1 N–H and O–H groups in total. The van der Waals surface area contributed by atoms with Crippen LogP contribution in [0.3, 0.4) is 0 Å². The van der Waals surface area contributed by atoms with Crippen molar-refractivity contribution in [2.45, 2.75) is 17.9 Å². The molecule has 0 aliphatic rings. The van der Waals surface area contributed by atoms with Gasteiger partial charge in [0.1, 0.15) is 5.58 Å². The molecule has 7 nitrogen and oxygen atoms in total. The van der Waals surface area contributed by atoms with Crippen molar-refractivity contribution in [2.75, 3.05) is 6.54 Å². The van der Waals surface area contributed by atoms with Crippen LogP contribution in [0.25, 0.3) is 11.0 Å². The second-order valence-corrected chi connectivity index (χ2v) is 6.77. The summed E-state index contributed by atoms with van der Waals surface area (Å²) < 4.78 is 34.0. The van der Waals surface area contributed by atoms with Crippen molar-refractivity contribution in [3.05, 3.63) is 59.5 Å². The summed E-state index contributed by atoms with van der Waals surface area (Å²) >= 11 is 0. The maximum Gasteiger partial charge on any atom is 0.336 e. The number of imidazole rings is 1. The summed E-state index contributed by atoms with van der Waals surface area (Å²) in [6.45, 7) is 1.01. The number of hydrogen-bond acceptors (Lipinski definition) is 5. The molecule has 2 heterocycles. The molecule has 0 bridgehead atoms. The zero-order valence-electron chi connectivity index (χ0n) is 12.2. The van der Waals surface area contributed by atoms with Crippen molar-refractivity contribution in [2.24, 2.45) is 0 Å². The number of sulfonamides is 1. The van der Waals surface area contributed by atoms with E-state index >= 15 is 0 Å². The van der Waals surface area contributed by atoms with E-state index in [1.54, 1.807) is 18.6 Å². The van der Waals surface area contributed by atoms with Crippen LogP contribution in [-0.2, 0) is 16.6 Å². The summed E-state index contributed by atoms with van der Waals surface area (Å²) in [7, 11) is -3.60. The first-order valence-electron chi connectivity index (χ1n) is 7.04. The van der Waals surface area contributed by atoms with Crippen molar-refractivity contribution < 1.29 is 12.8 Å². The average Bonchev–Trinajstić information content (AvgIpc) is 3.04. The highest BCUT2D eigenvalue weighted by atomic mass is 32.2. The summed E-state index contributed by atoms with van der Waals surface area (Å²) in [5.74, 6) is 0. The molecule has 0 radical (unpaired) electrons. The van der Waals surface area contributed by atoms with E-state index in [9.17, 15) is 13.2 Å².